The first-order chi connectivity index (χ1) is 13.2. The SMILES string of the molecule is OC1(c2ccccc2)COC2(CCN(CC3CCc4ccccc43)CC2)C1. The molecular weight excluding hydrogens is 334 g/mol. The molecule has 1 spiro atoms. The number of likely N-dealkylation sites (tertiary alicyclic amines) is 1. The molecule has 2 atom stereocenters. The normalized spacial score (nSPS) is 29.9. The van der Waals surface area contributed by atoms with Gasteiger partial charge in [0.1, 0.15) is 5.60 Å². The van der Waals surface area contributed by atoms with Crippen LogP contribution in [0, 0.1) is 0 Å². The molecule has 142 valence electrons. The number of aryl methyl sites for hydroxylation is 1. The number of nitrogens with zero attached hydrogens (tertiary/aromatic N) is 1. The van der Waals surface area contributed by atoms with Gasteiger partial charge in [-0.05, 0) is 48.3 Å². The Morgan fingerprint density at radius 1 is 1.00 bits per heavy atom. The molecule has 2 unspecified atom stereocenters. The maximum absolute atomic E-state index is 11.1. The van der Waals surface area contributed by atoms with E-state index in [1.54, 1.807) is 11.1 Å². The van der Waals surface area contributed by atoms with Crippen molar-refractivity contribution in [3.8, 4) is 0 Å². The first kappa shape index (κ1) is 17.4. The van der Waals surface area contributed by atoms with Crippen LogP contribution in [0.25, 0.3) is 0 Å². The molecule has 3 nitrogen and oxygen atoms in total. The molecule has 27 heavy (non-hydrogen) atoms. The lowest BCUT2D eigenvalue weighted by Crippen LogP contribution is -2.45. The number of rotatable bonds is 3. The Kier molecular flexibility index (Phi) is 4.34. The molecule has 0 amide bonds. The Bertz CT molecular complexity index is 797. The lowest BCUT2D eigenvalue weighted by atomic mass is 9.80. The van der Waals surface area contributed by atoms with Crippen molar-refractivity contribution < 1.29 is 9.84 Å². The third kappa shape index (κ3) is 3.22. The van der Waals surface area contributed by atoms with E-state index in [-0.39, 0.29) is 5.60 Å². The van der Waals surface area contributed by atoms with Gasteiger partial charge in [-0.25, -0.2) is 0 Å². The third-order valence-corrected chi connectivity index (χ3v) is 7.05. The average molecular weight is 364 g/mol. The summed E-state index contributed by atoms with van der Waals surface area (Å²) in [6.45, 7) is 3.73. The Morgan fingerprint density at radius 2 is 1.74 bits per heavy atom. The standard InChI is InChI=1S/C24H29NO2/c26-24(21-7-2-1-3-8-21)17-23(27-18-24)12-14-25(15-13-23)16-20-11-10-19-6-4-5-9-22(19)20/h1-9,20,26H,10-18H2. The lowest BCUT2D eigenvalue weighted by Gasteiger charge is -2.40. The van der Waals surface area contributed by atoms with Gasteiger partial charge in [-0.15, -0.1) is 0 Å². The van der Waals surface area contributed by atoms with E-state index in [2.05, 4.69) is 29.2 Å². The fourth-order valence-electron chi connectivity index (χ4n) is 5.45. The second-order valence-corrected chi connectivity index (χ2v) is 8.78. The van der Waals surface area contributed by atoms with E-state index >= 15 is 0 Å². The van der Waals surface area contributed by atoms with Crippen LogP contribution in [-0.4, -0.2) is 41.8 Å². The van der Waals surface area contributed by atoms with Crippen molar-refractivity contribution in [1.82, 2.24) is 4.90 Å². The highest BCUT2D eigenvalue weighted by Crippen LogP contribution is 2.45. The van der Waals surface area contributed by atoms with Crippen molar-refractivity contribution in [2.45, 2.75) is 49.2 Å². The van der Waals surface area contributed by atoms with Crippen LogP contribution in [0.5, 0.6) is 0 Å². The molecule has 0 radical (unpaired) electrons. The molecule has 1 aliphatic carbocycles. The molecule has 2 aliphatic heterocycles. The summed E-state index contributed by atoms with van der Waals surface area (Å²) in [4.78, 5) is 2.61. The van der Waals surface area contributed by atoms with Crippen LogP contribution < -0.4 is 0 Å². The van der Waals surface area contributed by atoms with Gasteiger partial charge in [-0.3, -0.25) is 0 Å². The Hall–Kier alpha value is -1.68. The van der Waals surface area contributed by atoms with Gasteiger partial charge in [0.15, 0.2) is 0 Å². The minimum atomic E-state index is -0.826. The van der Waals surface area contributed by atoms with Crippen molar-refractivity contribution in [3.05, 3.63) is 71.3 Å². The van der Waals surface area contributed by atoms with Crippen LogP contribution in [0.1, 0.15) is 48.3 Å². The van der Waals surface area contributed by atoms with Gasteiger partial charge >= 0.3 is 0 Å². The number of hydrogen-bond acceptors (Lipinski definition) is 3. The first-order valence-corrected chi connectivity index (χ1v) is 10.4. The smallest absolute Gasteiger partial charge is 0.116 e. The molecular formula is C24H29NO2. The Morgan fingerprint density at radius 3 is 2.56 bits per heavy atom. The van der Waals surface area contributed by atoms with Gasteiger partial charge < -0.3 is 14.7 Å². The topological polar surface area (TPSA) is 32.7 Å². The molecule has 2 aromatic carbocycles. The Labute approximate surface area is 162 Å². The fourth-order valence-corrected chi connectivity index (χ4v) is 5.45. The highest BCUT2D eigenvalue weighted by atomic mass is 16.5. The molecule has 0 bridgehead atoms. The minimum absolute atomic E-state index is 0.144. The summed E-state index contributed by atoms with van der Waals surface area (Å²) >= 11 is 0. The summed E-state index contributed by atoms with van der Waals surface area (Å²) in [6, 6.07) is 19.0. The number of hydrogen-bond donors (Lipinski definition) is 1. The molecule has 2 aromatic rings. The molecule has 0 saturated carbocycles. The number of ether oxygens (including phenoxy) is 1. The summed E-state index contributed by atoms with van der Waals surface area (Å²) in [5, 5.41) is 11.1. The molecule has 2 fully saturated rings. The zero-order valence-corrected chi connectivity index (χ0v) is 15.9. The van der Waals surface area contributed by atoms with Crippen molar-refractivity contribution in [1.29, 1.82) is 0 Å². The maximum Gasteiger partial charge on any atom is 0.116 e. The van der Waals surface area contributed by atoms with Crippen molar-refractivity contribution in [3.63, 3.8) is 0 Å². The molecule has 2 heterocycles. The van der Waals surface area contributed by atoms with Crippen LogP contribution in [0.4, 0.5) is 0 Å². The van der Waals surface area contributed by atoms with Gasteiger partial charge in [0.25, 0.3) is 0 Å². The zero-order chi connectivity index (χ0) is 18.3. The van der Waals surface area contributed by atoms with E-state index in [4.69, 9.17) is 4.74 Å². The summed E-state index contributed by atoms with van der Waals surface area (Å²) in [6.07, 6.45) is 5.29. The molecule has 2 saturated heterocycles. The highest BCUT2D eigenvalue weighted by molar-refractivity contribution is 5.35. The lowest BCUT2D eigenvalue weighted by molar-refractivity contribution is -0.0478. The van der Waals surface area contributed by atoms with E-state index in [0.717, 1.165) is 44.5 Å². The summed E-state index contributed by atoms with van der Waals surface area (Å²) in [7, 11) is 0. The number of fused-ring (bicyclic) bond motifs is 1. The molecule has 1 N–H and O–H groups in total. The van der Waals surface area contributed by atoms with Crippen molar-refractivity contribution >= 4 is 0 Å². The summed E-state index contributed by atoms with van der Waals surface area (Å²) < 4.78 is 6.25. The van der Waals surface area contributed by atoms with E-state index in [1.165, 1.54) is 12.8 Å². The van der Waals surface area contributed by atoms with E-state index in [1.807, 2.05) is 30.3 Å². The second-order valence-electron chi connectivity index (χ2n) is 8.78. The van der Waals surface area contributed by atoms with Gasteiger partial charge in [0.2, 0.25) is 0 Å². The second kappa shape index (κ2) is 6.73. The van der Waals surface area contributed by atoms with Crippen LogP contribution in [-0.2, 0) is 16.8 Å². The zero-order valence-electron chi connectivity index (χ0n) is 15.9. The Balaban J connectivity index is 1.21. The summed E-state index contributed by atoms with van der Waals surface area (Å²) in [5.74, 6) is 0.681. The fraction of sp³-hybridized carbons (Fsp3) is 0.500. The average Bonchev–Trinajstić information content (AvgIpc) is 3.27. The summed E-state index contributed by atoms with van der Waals surface area (Å²) in [5.41, 5.74) is 3.13. The van der Waals surface area contributed by atoms with E-state index in [0.29, 0.717) is 12.5 Å². The molecule has 5 rings (SSSR count). The van der Waals surface area contributed by atoms with Gasteiger partial charge in [-0.2, -0.15) is 0 Å². The number of aliphatic hydroxyl groups is 1. The number of piperidine rings is 1. The monoisotopic (exact) mass is 363 g/mol. The van der Waals surface area contributed by atoms with Crippen molar-refractivity contribution in [2.24, 2.45) is 0 Å². The van der Waals surface area contributed by atoms with Gasteiger partial charge in [0, 0.05) is 26.1 Å². The number of benzene rings is 2. The molecule has 3 aliphatic rings. The van der Waals surface area contributed by atoms with Crippen molar-refractivity contribution in [2.75, 3.05) is 26.2 Å². The van der Waals surface area contributed by atoms with Gasteiger partial charge in [-0.1, -0.05) is 54.6 Å². The van der Waals surface area contributed by atoms with Crippen LogP contribution in [0.15, 0.2) is 54.6 Å². The molecule has 3 heteroatoms. The van der Waals surface area contributed by atoms with E-state index in [9.17, 15) is 5.11 Å². The minimum Gasteiger partial charge on any atom is -0.383 e. The molecule has 0 aromatic heterocycles. The van der Waals surface area contributed by atoms with Crippen LogP contribution in [0.3, 0.4) is 0 Å². The highest BCUT2D eigenvalue weighted by Gasteiger charge is 2.50. The first-order valence-electron chi connectivity index (χ1n) is 10.4. The largest absolute Gasteiger partial charge is 0.383 e. The van der Waals surface area contributed by atoms with Gasteiger partial charge in [0.05, 0.1) is 12.2 Å². The van der Waals surface area contributed by atoms with Crippen LogP contribution in [0.2, 0.25) is 0 Å². The van der Waals surface area contributed by atoms with E-state index < -0.39 is 5.60 Å². The maximum atomic E-state index is 11.1. The van der Waals surface area contributed by atoms with Crippen LogP contribution >= 0.6 is 0 Å². The third-order valence-electron chi connectivity index (χ3n) is 7.05. The predicted molar refractivity (Wildman–Crippen MR) is 107 cm³/mol. The predicted octanol–water partition coefficient (Wildman–Crippen LogP) is 3.86. The quantitative estimate of drug-likeness (QED) is 0.899.